The van der Waals surface area contributed by atoms with Crippen LogP contribution in [0.1, 0.15) is 0 Å². The lowest BCUT2D eigenvalue weighted by molar-refractivity contribution is 0.780. The van der Waals surface area contributed by atoms with Crippen LogP contribution in [0.4, 0.5) is 0 Å². The highest BCUT2D eigenvalue weighted by atomic mass is 16.2. The number of hydrogen-bond acceptors (Lipinski definition) is 5. The lowest BCUT2D eigenvalue weighted by atomic mass is 10.2. The summed E-state index contributed by atoms with van der Waals surface area (Å²) in [6, 6.07) is 16.2. The van der Waals surface area contributed by atoms with Crippen LogP contribution in [0.2, 0.25) is 0 Å². The predicted octanol–water partition coefficient (Wildman–Crippen LogP) is 1.81. The van der Waals surface area contributed by atoms with Gasteiger partial charge < -0.3 is 0 Å². The van der Waals surface area contributed by atoms with Crippen molar-refractivity contribution >= 4 is 21.8 Å². The van der Waals surface area contributed by atoms with Crippen molar-refractivity contribution < 1.29 is 0 Å². The zero-order valence-electron chi connectivity index (χ0n) is 13.9. The molecular formula is C19H12N6O2. The Morgan fingerprint density at radius 3 is 2.37 bits per heavy atom. The third-order valence-corrected chi connectivity index (χ3v) is 4.38. The maximum atomic E-state index is 12.9. The van der Waals surface area contributed by atoms with E-state index in [1.807, 2.05) is 30.3 Å². The first-order valence-electron chi connectivity index (χ1n) is 8.22. The maximum absolute atomic E-state index is 12.9. The second-order valence-corrected chi connectivity index (χ2v) is 5.95. The van der Waals surface area contributed by atoms with Crippen LogP contribution in [0.3, 0.4) is 0 Å². The van der Waals surface area contributed by atoms with Crippen molar-refractivity contribution in [2.75, 3.05) is 0 Å². The largest absolute Gasteiger partial charge is 0.279 e. The predicted molar refractivity (Wildman–Crippen MR) is 100 cm³/mol. The lowest BCUT2D eigenvalue weighted by Crippen LogP contribution is -2.29. The molecule has 0 aliphatic rings. The van der Waals surface area contributed by atoms with Gasteiger partial charge in [0.25, 0.3) is 11.1 Å². The molecule has 0 aliphatic carbocycles. The summed E-state index contributed by atoms with van der Waals surface area (Å²) in [5, 5.41) is 8.18. The molecule has 0 atom stereocenters. The van der Waals surface area contributed by atoms with Gasteiger partial charge in [-0.1, -0.05) is 30.3 Å². The van der Waals surface area contributed by atoms with E-state index in [1.165, 1.54) is 6.33 Å². The van der Waals surface area contributed by atoms with Gasteiger partial charge in [0.15, 0.2) is 11.5 Å². The standard InChI is InChI=1S/C19H12N6O2/c26-18-13-8-4-5-9-14(13)19(27)25(23-18)17-15-10-22-24(16(15)20-11-21-17)12-6-2-1-3-7-12/h1-11H,(H,23,26). The first-order chi connectivity index (χ1) is 13.2. The van der Waals surface area contributed by atoms with Crippen molar-refractivity contribution in [3.8, 4) is 11.5 Å². The maximum Gasteiger partial charge on any atom is 0.279 e. The van der Waals surface area contributed by atoms with Gasteiger partial charge in [0, 0.05) is 0 Å². The highest BCUT2D eigenvalue weighted by molar-refractivity contribution is 5.84. The summed E-state index contributed by atoms with van der Waals surface area (Å²) in [6.07, 6.45) is 2.93. The topological polar surface area (TPSA) is 98.5 Å². The van der Waals surface area contributed by atoms with Gasteiger partial charge in [-0.3, -0.25) is 14.7 Å². The van der Waals surface area contributed by atoms with Crippen LogP contribution in [0.15, 0.2) is 76.7 Å². The van der Waals surface area contributed by atoms with E-state index >= 15 is 0 Å². The molecular weight excluding hydrogens is 344 g/mol. The van der Waals surface area contributed by atoms with Crippen LogP contribution in [-0.2, 0) is 0 Å². The van der Waals surface area contributed by atoms with E-state index in [4.69, 9.17) is 0 Å². The highest BCUT2D eigenvalue weighted by Gasteiger charge is 2.15. The Labute approximate surface area is 151 Å². The van der Waals surface area contributed by atoms with Gasteiger partial charge in [-0.05, 0) is 24.3 Å². The molecule has 130 valence electrons. The Balaban J connectivity index is 1.82. The summed E-state index contributed by atoms with van der Waals surface area (Å²) in [6.45, 7) is 0. The van der Waals surface area contributed by atoms with Crippen molar-refractivity contribution in [2.45, 2.75) is 0 Å². The van der Waals surface area contributed by atoms with Gasteiger partial charge in [-0.2, -0.15) is 9.78 Å². The second kappa shape index (κ2) is 5.73. The molecule has 8 nitrogen and oxygen atoms in total. The highest BCUT2D eigenvalue weighted by Crippen LogP contribution is 2.19. The minimum Gasteiger partial charge on any atom is -0.267 e. The van der Waals surface area contributed by atoms with E-state index < -0.39 is 0 Å². The fourth-order valence-corrected chi connectivity index (χ4v) is 3.12. The minimum atomic E-state index is -0.368. The van der Waals surface area contributed by atoms with E-state index in [1.54, 1.807) is 35.1 Å². The average molecular weight is 356 g/mol. The first-order valence-corrected chi connectivity index (χ1v) is 8.22. The summed E-state index contributed by atoms with van der Waals surface area (Å²) in [7, 11) is 0. The summed E-state index contributed by atoms with van der Waals surface area (Å²) in [5.74, 6) is 0.273. The van der Waals surface area contributed by atoms with Gasteiger partial charge in [0.2, 0.25) is 0 Å². The van der Waals surface area contributed by atoms with Gasteiger partial charge in [0.05, 0.1) is 28.0 Å². The zero-order chi connectivity index (χ0) is 18.4. The number of benzene rings is 2. The van der Waals surface area contributed by atoms with E-state index in [0.717, 1.165) is 10.4 Å². The number of hydrogen-bond donors (Lipinski definition) is 1. The molecule has 5 aromatic rings. The van der Waals surface area contributed by atoms with E-state index in [0.29, 0.717) is 21.8 Å². The molecule has 8 heteroatoms. The third kappa shape index (κ3) is 2.27. The van der Waals surface area contributed by atoms with Crippen LogP contribution in [0.5, 0.6) is 0 Å². The molecule has 0 aliphatic heterocycles. The van der Waals surface area contributed by atoms with E-state index in [-0.39, 0.29) is 16.9 Å². The Morgan fingerprint density at radius 2 is 1.56 bits per heavy atom. The van der Waals surface area contributed by atoms with E-state index in [2.05, 4.69) is 20.2 Å². The molecule has 0 spiro atoms. The monoisotopic (exact) mass is 356 g/mol. The van der Waals surface area contributed by atoms with Crippen molar-refractivity contribution in [3.63, 3.8) is 0 Å². The fraction of sp³-hybridized carbons (Fsp3) is 0. The Morgan fingerprint density at radius 1 is 0.815 bits per heavy atom. The van der Waals surface area contributed by atoms with Crippen molar-refractivity contribution in [1.29, 1.82) is 0 Å². The van der Waals surface area contributed by atoms with Gasteiger partial charge >= 0.3 is 0 Å². The number of rotatable bonds is 2. The molecule has 0 unspecified atom stereocenters. The molecule has 0 amide bonds. The molecule has 27 heavy (non-hydrogen) atoms. The quantitative estimate of drug-likeness (QED) is 0.520. The SMILES string of the molecule is O=c1[nH]n(-c2ncnc3c2cnn3-c2ccccc2)c(=O)c2ccccc12. The van der Waals surface area contributed by atoms with Gasteiger partial charge in [-0.25, -0.2) is 14.6 Å². The summed E-state index contributed by atoms with van der Waals surface area (Å²) < 4.78 is 2.80. The normalized spacial score (nSPS) is 11.3. The molecule has 0 bridgehead atoms. The average Bonchev–Trinajstić information content (AvgIpc) is 3.16. The van der Waals surface area contributed by atoms with Crippen molar-refractivity contribution in [1.82, 2.24) is 29.5 Å². The third-order valence-electron chi connectivity index (χ3n) is 4.38. The molecule has 0 saturated heterocycles. The fourth-order valence-electron chi connectivity index (χ4n) is 3.12. The Bertz CT molecular complexity index is 1420. The molecule has 0 radical (unpaired) electrons. The molecule has 3 heterocycles. The number of H-pyrrole nitrogens is 1. The van der Waals surface area contributed by atoms with Crippen LogP contribution in [0.25, 0.3) is 33.3 Å². The first kappa shape index (κ1) is 15.2. The molecule has 0 fully saturated rings. The summed E-state index contributed by atoms with van der Waals surface area (Å²) >= 11 is 0. The number of nitrogens with zero attached hydrogens (tertiary/aromatic N) is 5. The molecule has 0 saturated carbocycles. The number of aromatic nitrogens is 6. The molecule has 1 N–H and O–H groups in total. The number of aromatic amines is 1. The van der Waals surface area contributed by atoms with Gasteiger partial charge in [0.1, 0.15) is 6.33 Å². The smallest absolute Gasteiger partial charge is 0.267 e. The van der Waals surface area contributed by atoms with E-state index in [9.17, 15) is 9.59 Å². The zero-order valence-corrected chi connectivity index (χ0v) is 13.9. The van der Waals surface area contributed by atoms with Crippen LogP contribution in [0, 0.1) is 0 Å². The second-order valence-electron chi connectivity index (χ2n) is 5.95. The minimum absolute atomic E-state index is 0.273. The molecule has 2 aromatic carbocycles. The van der Waals surface area contributed by atoms with Crippen LogP contribution >= 0.6 is 0 Å². The summed E-state index contributed by atoms with van der Waals surface area (Å²) in [4.78, 5) is 33.8. The van der Waals surface area contributed by atoms with Crippen LogP contribution < -0.4 is 11.1 Å². The summed E-state index contributed by atoms with van der Waals surface area (Å²) in [5.41, 5.74) is 0.633. The Kier molecular flexibility index (Phi) is 3.23. The lowest BCUT2D eigenvalue weighted by Gasteiger charge is -2.07. The van der Waals surface area contributed by atoms with Gasteiger partial charge in [-0.15, -0.1) is 0 Å². The number of para-hydroxylation sites is 1. The molecule has 5 rings (SSSR count). The number of fused-ring (bicyclic) bond motifs is 2. The number of nitrogens with one attached hydrogen (secondary N) is 1. The Hall–Kier alpha value is -4.07. The van der Waals surface area contributed by atoms with Crippen LogP contribution in [-0.4, -0.2) is 29.5 Å². The van der Waals surface area contributed by atoms with Crippen molar-refractivity contribution in [2.24, 2.45) is 0 Å². The molecule has 3 aromatic heterocycles. The van der Waals surface area contributed by atoms with Crippen molar-refractivity contribution in [3.05, 3.63) is 87.8 Å².